The normalized spacial score (nSPS) is 24.2. The molecule has 3 heteroatoms. The van der Waals surface area contributed by atoms with Crippen LogP contribution in [0.15, 0.2) is 0 Å². The van der Waals surface area contributed by atoms with E-state index < -0.39 is 0 Å². The Morgan fingerprint density at radius 1 is 1.17 bits per heavy atom. The molecule has 1 aliphatic heterocycles. The highest BCUT2D eigenvalue weighted by atomic mass is 15.2. The van der Waals surface area contributed by atoms with E-state index in [9.17, 15) is 0 Å². The van der Waals surface area contributed by atoms with Crippen molar-refractivity contribution in [3.8, 4) is 0 Å². The maximum atomic E-state index is 3.73. The van der Waals surface area contributed by atoms with Gasteiger partial charge < -0.3 is 15.1 Å². The second-order valence-corrected chi connectivity index (χ2v) is 6.27. The van der Waals surface area contributed by atoms with Crippen LogP contribution in [0, 0.1) is 0 Å². The Balaban J connectivity index is 1.56. The van der Waals surface area contributed by atoms with E-state index in [0.717, 1.165) is 12.6 Å². The first kappa shape index (κ1) is 14.3. The molecule has 1 unspecified atom stereocenters. The minimum Gasteiger partial charge on any atom is -0.312 e. The Morgan fingerprint density at radius 3 is 2.50 bits per heavy atom. The third kappa shape index (κ3) is 4.52. The van der Waals surface area contributed by atoms with Gasteiger partial charge in [-0.1, -0.05) is 12.8 Å². The van der Waals surface area contributed by atoms with E-state index >= 15 is 0 Å². The summed E-state index contributed by atoms with van der Waals surface area (Å²) in [5, 5.41) is 3.73. The maximum Gasteiger partial charge on any atom is 0.0189 e. The van der Waals surface area contributed by atoms with Crippen LogP contribution >= 0.6 is 0 Å². The first-order chi connectivity index (χ1) is 8.75. The highest BCUT2D eigenvalue weighted by Gasteiger charge is 2.17. The second kappa shape index (κ2) is 7.46. The lowest BCUT2D eigenvalue weighted by Crippen LogP contribution is -2.43. The smallest absolute Gasteiger partial charge is 0.0189 e. The summed E-state index contributed by atoms with van der Waals surface area (Å²) in [7, 11) is 2.27. The third-order valence-electron chi connectivity index (χ3n) is 4.78. The van der Waals surface area contributed by atoms with Crippen LogP contribution < -0.4 is 5.32 Å². The van der Waals surface area contributed by atoms with Crippen molar-refractivity contribution in [2.45, 2.75) is 57.5 Å². The van der Waals surface area contributed by atoms with E-state index in [4.69, 9.17) is 0 Å². The van der Waals surface area contributed by atoms with Crippen molar-refractivity contribution in [3.05, 3.63) is 0 Å². The third-order valence-corrected chi connectivity index (χ3v) is 4.78. The van der Waals surface area contributed by atoms with Gasteiger partial charge in [-0.15, -0.1) is 0 Å². The monoisotopic (exact) mass is 253 g/mol. The van der Waals surface area contributed by atoms with Gasteiger partial charge in [0.2, 0.25) is 0 Å². The summed E-state index contributed by atoms with van der Waals surface area (Å²) in [4.78, 5) is 5.12. The molecular formula is C15H31N3. The first-order valence-corrected chi connectivity index (χ1v) is 7.91. The van der Waals surface area contributed by atoms with Gasteiger partial charge in [-0.3, -0.25) is 0 Å². The van der Waals surface area contributed by atoms with Gasteiger partial charge in [0.15, 0.2) is 0 Å². The standard InChI is InChI=1S/C15H31N3/c1-14(13-16-15-7-3-4-8-15)17(2)11-12-18-9-5-6-10-18/h14-16H,3-13H2,1-2H3. The molecule has 2 aliphatic rings. The molecule has 0 aromatic rings. The zero-order valence-electron chi connectivity index (χ0n) is 12.3. The molecule has 3 nitrogen and oxygen atoms in total. The highest BCUT2D eigenvalue weighted by Crippen LogP contribution is 2.17. The van der Waals surface area contributed by atoms with E-state index in [0.29, 0.717) is 6.04 Å². The summed E-state index contributed by atoms with van der Waals surface area (Å²) in [5.74, 6) is 0. The molecule has 2 rings (SSSR count). The Bertz CT molecular complexity index is 196. The number of nitrogens with zero attached hydrogens (tertiary/aromatic N) is 2. The van der Waals surface area contributed by atoms with E-state index in [1.54, 1.807) is 0 Å². The maximum absolute atomic E-state index is 3.73. The predicted octanol–water partition coefficient (Wildman–Crippen LogP) is 1.93. The molecule has 1 N–H and O–H groups in total. The average Bonchev–Trinajstić information content (AvgIpc) is 3.05. The lowest BCUT2D eigenvalue weighted by molar-refractivity contribution is 0.208. The largest absolute Gasteiger partial charge is 0.312 e. The molecule has 0 aromatic heterocycles. The molecule has 0 radical (unpaired) electrons. The number of likely N-dealkylation sites (N-methyl/N-ethyl adjacent to an activating group) is 1. The summed E-state index contributed by atoms with van der Waals surface area (Å²) >= 11 is 0. The van der Waals surface area contributed by atoms with Crippen LogP contribution in [-0.2, 0) is 0 Å². The van der Waals surface area contributed by atoms with Crippen LogP contribution in [0.2, 0.25) is 0 Å². The van der Waals surface area contributed by atoms with Crippen molar-refractivity contribution in [2.75, 3.05) is 39.8 Å². The van der Waals surface area contributed by atoms with Crippen molar-refractivity contribution in [3.63, 3.8) is 0 Å². The number of likely N-dealkylation sites (tertiary alicyclic amines) is 1. The fraction of sp³-hybridized carbons (Fsp3) is 1.00. The van der Waals surface area contributed by atoms with E-state index in [2.05, 4.69) is 29.1 Å². The summed E-state index contributed by atoms with van der Waals surface area (Å²) in [6.07, 6.45) is 8.45. The molecule has 1 heterocycles. The first-order valence-electron chi connectivity index (χ1n) is 7.91. The summed E-state index contributed by atoms with van der Waals surface area (Å²) in [6, 6.07) is 1.47. The zero-order valence-corrected chi connectivity index (χ0v) is 12.3. The summed E-state index contributed by atoms with van der Waals surface area (Å²) in [5.41, 5.74) is 0. The molecule has 0 bridgehead atoms. The molecule has 106 valence electrons. The Hall–Kier alpha value is -0.120. The van der Waals surface area contributed by atoms with Gasteiger partial charge in [-0.25, -0.2) is 0 Å². The summed E-state index contributed by atoms with van der Waals surface area (Å²) in [6.45, 7) is 8.62. The second-order valence-electron chi connectivity index (χ2n) is 6.27. The SMILES string of the molecule is CC(CNC1CCCC1)N(C)CCN1CCCC1. The van der Waals surface area contributed by atoms with Crippen molar-refractivity contribution in [1.29, 1.82) is 0 Å². The minimum absolute atomic E-state index is 0.660. The van der Waals surface area contributed by atoms with Crippen LogP contribution in [0.25, 0.3) is 0 Å². The van der Waals surface area contributed by atoms with Gasteiger partial charge in [0.05, 0.1) is 0 Å². The van der Waals surface area contributed by atoms with Crippen LogP contribution in [-0.4, -0.2) is 61.7 Å². The highest BCUT2D eigenvalue weighted by molar-refractivity contribution is 4.77. The molecule has 0 amide bonds. The summed E-state index contributed by atoms with van der Waals surface area (Å²) < 4.78 is 0. The predicted molar refractivity (Wildman–Crippen MR) is 78.0 cm³/mol. The topological polar surface area (TPSA) is 18.5 Å². The molecule has 0 aromatic carbocycles. The van der Waals surface area contributed by atoms with Gasteiger partial charge in [0.1, 0.15) is 0 Å². The van der Waals surface area contributed by atoms with Crippen molar-refractivity contribution >= 4 is 0 Å². The molecule has 1 aliphatic carbocycles. The van der Waals surface area contributed by atoms with Crippen LogP contribution in [0.4, 0.5) is 0 Å². The lowest BCUT2D eigenvalue weighted by atomic mass is 10.2. The fourth-order valence-corrected chi connectivity index (χ4v) is 3.15. The van der Waals surface area contributed by atoms with Crippen LogP contribution in [0.1, 0.15) is 45.4 Å². The average molecular weight is 253 g/mol. The fourth-order valence-electron chi connectivity index (χ4n) is 3.15. The van der Waals surface area contributed by atoms with E-state index in [-0.39, 0.29) is 0 Å². The Labute approximate surface area is 113 Å². The lowest BCUT2D eigenvalue weighted by Gasteiger charge is -2.28. The van der Waals surface area contributed by atoms with Crippen molar-refractivity contribution in [2.24, 2.45) is 0 Å². The van der Waals surface area contributed by atoms with Crippen LogP contribution in [0.3, 0.4) is 0 Å². The number of hydrogen-bond acceptors (Lipinski definition) is 3. The molecule has 0 spiro atoms. The van der Waals surface area contributed by atoms with E-state index in [1.807, 2.05) is 0 Å². The van der Waals surface area contributed by atoms with Gasteiger partial charge in [0, 0.05) is 31.7 Å². The molecule has 1 saturated carbocycles. The molecule has 1 atom stereocenters. The molecule has 2 fully saturated rings. The zero-order chi connectivity index (χ0) is 12.8. The van der Waals surface area contributed by atoms with Gasteiger partial charge in [-0.05, 0) is 52.7 Å². The minimum atomic E-state index is 0.660. The van der Waals surface area contributed by atoms with Crippen molar-refractivity contribution in [1.82, 2.24) is 15.1 Å². The van der Waals surface area contributed by atoms with Crippen LogP contribution in [0.5, 0.6) is 0 Å². The Kier molecular flexibility index (Phi) is 5.93. The van der Waals surface area contributed by atoms with Gasteiger partial charge in [0.25, 0.3) is 0 Å². The van der Waals surface area contributed by atoms with E-state index in [1.165, 1.54) is 64.7 Å². The van der Waals surface area contributed by atoms with Crippen molar-refractivity contribution < 1.29 is 0 Å². The molecular weight excluding hydrogens is 222 g/mol. The quantitative estimate of drug-likeness (QED) is 0.748. The molecule has 1 saturated heterocycles. The number of rotatable bonds is 7. The Morgan fingerprint density at radius 2 is 1.83 bits per heavy atom. The number of hydrogen-bond donors (Lipinski definition) is 1. The van der Waals surface area contributed by atoms with Gasteiger partial charge in [-0.2, -0.15) is 0 Å². The van der Waals surface area contributed by atoms with Gasteiger partial charge >= 0.3 is 0 Å². The molecule has 18 heavy (non-hydrogen) atoms. The number of nitrogens with one attached hydrogen (secondary N) is 1.